The van der Waals surface area contributed by atoms with Gasteiger partial charge >= 0.3 is 0 Å². The van der Waals surface area contributed by atoms with Crippen LogP contribution < -0.4 is 11.1 Å². The second-order valence-electron chi connectivity index (χ2n) is 4.30. The summed E-state index contributed by atoms with van der Waals surface area (Å²) in [6, 6.07) is 13.0. The molecule has 0 atom stereocenters. The zero-order chi connectivity index (χ0) is 13.0. The molecule has 0 aliphatic carbocycles. The molecule has 2 rings (SSSR count). The molecule has 0 saturated carbocycles. The van der Waals surface area contributed by atoms with Crippen molar-refractivity contribution in [3.05, 3.63) is 59.4 Å². The van der Waals surface area contributed by atoms with Crippen LogP contribution in [0.3, 0.4) is 0 Å². The predicted octanol–water partition coefficient (Wildman–Crippen LogP) is 3.38. The minimum absolute atomic E-state index is 0.210. The lowest BCUT2D eigenvalue weighted by Gasteiger charge is -2.12. The van der Waals surface area contributed by atoms with E-state index in [1.807, 2.05) is 37.3 Å². The molecule has 0 heterocycles. The van der Waals surface area contributed by atoms with Crippen LogP contribution in [0.15, 0.2) is 42.5 Å². The normalized spacial score (nSPS) is 10.4. The van der Waals surface area contributed by atoms with Gasteiger partial charge in [0.2, 0.25) is 0 Å². The second-order valence-corrected chi connectivity index (χ2v) is 4.30. The van der Waals surface area contributed by atoms with E-state index in [9.17, 15) is 4.39 Å². The fourth-order valence-corrected chi connectivity index (χ4v) is 1.95. The lowest BCUT2D eigenvalue weighted by atomic mass is 10.1. The summed E-state index contributed by atoms with van der Waals surface area (Å²) in [5, 5.41) is 3.24. The first-order valence-corrected chi connectivity index (χ1v) is 6.02. The van der Waals surface area contributed by atoms with Crippen LogP contribution in [-0.4, -0.2) is 6.54 Å². The first-order chi connectivity index (χ1) is 8.70. The summed E-state index contributed by atoms with van der Waals surface area (Å²) >= 11 is 0. The van der Waals surface area contributed by atoms with Gasteiger partial charge < -0.3 is 11.1 Å². The Kier molecular flexibility index (Phi) is 3.95. The van der Waals surface area contributed by atoms with Crippen molar-refractivity contribution in [2.45, 2.75) is 13.3 Å². The molecule has 0 unspecified atom stereocenters. The van der Waals surface area contributed by atoms with Crippen molar-refractivity contribution in [1.29, 1.82) is 0 Å². The molecular weight excluding hydrogens is 227 g/mol. The van der Waals surface area contributed by atoms with Crippen LogP contribution >= 0.6 is 0 Å². The van der Waals surface area contributed by atoms with Gasteiger partial charge in [-0.2, -0.15) is 0 Å². The minimum Gasteiger partial charge on any atom is -0.355 e. The Morgan fingerprint density at radius 2 is 1.94 bits per heavy atom. The molecule has 18 heavy (non-hydrogen) atoms. The van der Waals surface area contributed by atoms with E-state index in [2.05, 4.69) is 5.32 Å². The lowest BCUT2D eigenvalue weighted by Crippen LogP contribution is -2.07. The number of aryl methyl sites for hydroxylation is 1. The van der Waals surface area contributed by atoms with Crippen molar-refractivity contribution in [2.75, 3.05) is 11.9 Å². The van der Waals surface area contributed by atoms with E-state index >= 15 is 0 Å². The molecule has 0 aliphatic rings. The van der Waals surface area contributed by atoms with Gasteiger partial charge in [-0.15, -0.1) is 0 Å². The van der Waals surface area contributed by atoms with Crippen LogP contribution in [0.25, 0.3) is 0 Å². The summed E-state index contributed by atoms with van der Waals surface area (Å²) < 4.78 is 13.7. The maximum Gasteiger partial charge on any atom is 0.128 e. The quantitative estimate of drug-likeness (QED) is 0.865. The number of rotatable bonds is 4. The molecule has 94 valence electrons. The average Bonchev–Trinajstić information content (AvgIpc) is 2.34. The van der Waals surface area contributed by atoms with E-state index in [0.29, 0.717) is 18.5 Å². The molecule has 0 aliphatic heterocycles. The fraction of sp³-hybridized carbons (Fsp3) is 0.200. The Hall–Kier alpha value is -1.87. The third kappa shape index (κ3) is 2.87. The van der Waals surface area contributed by atoms with Gasteiger partial charge in [-0.3, -0.25) is 0 Å². The molecule has 3 N–H and O–H groups in total. The fourth-order valence-electron chi connectivity index (χ4n) is 1.95. The zero-order valence-electron chi connectivity index (χ0n) is 10.4. The van der Waals surface area contributed by atoms with Crippen molar-refractivity contribution in [1.82, 2.24) is 0 Å². The molecule has 0 spiro atoms. The molecule has 0 aromatic heterocycles. The molecule has 3 heteroatoms. The number of anilines is 2. The van der Waals surface area contributed by atoms with Crippen molar-refractivity contribution < 1.29 is 4.39 Å². The van der Waals surface area contributed by atoms with Crippen molar-refractivity contribution in [2.24, 2.45) is 5.73 Å². The Labute approximate surface area is 107 Å². The minimum atomic E-state index is -0.210. The van der Waals surface area contributed by atoms with E-state index in [1.165, 1.54) is 6.07 Å². The van der Waals surface area contributed by atoms with Crippen LogP contribution in [-0.2, 0) is 6.42 Å². The number of nitrogens with two attached hydrogens (primary N) is 1. The van der Waals surface area contributed by atoms with Gasteiger partial charge in [-0.05, 0) is 49.7 Å². The van der Waals surface area contributed by atoms with Gasteiger partial charge in [0.15, 0.2) is 0 Å². The predicted molar refractivity (Wildman–Crippen MR) is 73.6 cm³/mol. The molecule has 0 radical (unpaired) electrons. The van der Waals surface area contributed by atoms with Gasteiger partial charge in [-0.1, -0.05) is 18.2 Å². The van der Waals surface area contributed by atoms with Crippen LogP contribution in [0.1, 0.15) is 11.1 Å². The zero-order valence-corrected chi connectivity index (χ0v) is 10.4. The summed E-state index contributed by atoms with van der Waals surface area (Å²) in [4.78, 5) is 0. The smallest absolute Gasteiger partial charge is 0.128 e. The van der Waals surface area contributed by atoms with Crippen molar-refractivity contribution >= 4 is 11.4 Å². The van der Waals surface area contributed by atoms with E-state index in [0.717, 1.165) is 16.9 Å². The number of nitrogens with one attached hydrogen (secondary N) is 1. The molecule has 2 nitrogen and oxygen atoms in total. The van der Waals surface area contributed by atoms with Gasteiger partial charge in [0, 0.05) is 16.9 Å². The molecule has 0 saturated heterocycles. The second kappa shape index (κ2) is 5.65. The standard InChI is InChI=1S/C15H17FN2/c1-11-4-2-5-12(10-11)18-15-7-3-6-14(16)13(15)8-9-17/h2-7,10,18H,8-9,17H2,1H3. The summed E-state index contributed by atoms with van der Waals surface area (Å²) in [6.07, 6.45) is 0.529. The maximum absolute atomic E-state index is 13.7. The molecule has 2 aromatic carbocycles. The number of hydrogen-bond donors (Lipinski definition) is 2. The van der Waals surface area contributed by atoms with E-state index in [1.54, 1.807) is 6.07 Å². The van der Waals surface area contributed by atoms with Gasteiger partial charge in [0.05, 0.1) is 0 Å². The van der Waals surface area contributed by atoms with Gasteiger partial charge in [-0.25, -0.2) is 4.39 Å². The van der Waals surface area contributed by atoms with Crippen LogP contribution in [0.5, 0.6) is 0 Å². The van der Waals surface area contributed by atoms with Crippen LogP contribution in [0, 0.1) is 12.7 Å². The summed E-state index contributed by atoms with van der Waals surface area (Å²) in [5.41, 5.74) is 9.07. The lowest BCUT2D eigenvalue weighted by molar-refractivity contribution is 0.610. The molecule has 0 bridgehead atoms. The van der Waals surface area contributed by atoms with Crippen LogP contribution in [0.2, 0.25) is 0 Å². The largest absolute Gasteiger partial charge is 0.355 e. The topological polar surface area (TPSA) is 38.0 Å². The summed E-state index contributed by atoms with van der Waals surface area (Å²) in [5.74, 6) is -0.210. The van der Waals surface area contributed by atoms with E-state index in [-0.39, 0.29) is 5.82 Å². The maximum atomic E-state index is 13.7. The highest BCUT2D eigenvalue weighted by molar-refractivity contribution is 5.64. The summed E-state index contributed by atoms with van der Waals surface area (Å²) in [6.45, 7) is 2.46. The van der Waals surface area contributed by atoms with E-state index < -0.39 is 0 Å². The number of hydrogen-bond acceptors (Lipinski definition) is 2. The molecule has 2 aromatic rings. The summed E-state index contributed by atoms with van der Waals surface area (Å²) in [7, 11) is 0. The first kappa shape index (κ1) is 12.6. The highest BCUT2D eigenvalue weighted by atomic mass is 19.1. The van der Waals surface area contributed by atoms with Crippen molar-refractivity contribution in [3.8, 4) is 0 Å². The SMILES string of the molecule is Cc1cccc(Nc2cccc(F)c2CCN)c1. The van der Waals surface area contributed by atoms with Gasteiger partial charge in [0.25, 0.3) is 0 Å². The Morgan fingerprint density at radius 3 is 2.67 bits per heavy atom. The molecular formula is C15H17FN2. The first-order valence-electron chi connectivity index (χ1n) is 6.02. The highest BCUT2D eigenvalue weighted by Crippen LogP contribution is 2.24. The Balaban J connectivity index is 2.31. The molecule has 0 amide bonds. The highest BCUT2D eigenvalue weighted by Gasteiger charge is 2.07. The Bertz CT molecular complexity index is 538. The third-order valence-corrected chi connectivity index (χ3v) is 2.81. The van der Waals surface area contributed by atoms with E-state index in [4.69, 9.17) is 5.73 Å². The van der Waals surface area contributed by atoms with Crippen molar-refractivity contribution in [3.63, 3.8) is 0 Å². The average molecular weight is 244 g/mol. The molecule has 0 fully saturated rings. The number of benzene rings is 2. The van der Waals surface area contributed by atoms with Gasteiger partial charge in [0.1, 0.15) is 5.82 Å². The van der Waals surface area contributed by atoms with Crippen LogP contribution in [0.4, 0.5) is 15.8 Å². The monoisotopic (exact) mass is 244 g/mol. The number of halogens is 1. The third-order valence-electron chi connectivity index (χ3n) is 2.81. The Morgan fingerprint density at radius 1 is 1.17 bits per heavy atom.